The Balaban J connectivity index is 1.54. The number of benzene rings is 1. The van der Waals surface area contributed by atoms with Gasteiger partial charge in [0.25, 0.3) is 0 Å². The Bertz CT molecular complexity index is 841. The number of aromatic nitrogens is 1. The summed E-state index contributed by atoms with van der Waals surface area (Å²) >= 11 is 0. The maximum Gasteiger partial charge on any atom is 0.322 e. The number of urea groups is 1. The van der Waals surface area contributed by atoms with Crippen LogP contribution >= 0.6 is 0 Å². The summed E-state index contributed by atoms with van der Waals surface area (Å²) in [6.07, 6.45) is 1.27. The van der Waals surface area contributed by atoms with E-state index in [0.29, 0.717) is 19.5 Å². The third-order valence-electron chi connectivity index (χ3n) is 4.71. The fourth-order valence-electron chi connectivity index (χ4n) is 3.52. The predicted molar refractivity (Wildman–Crippen MR) is 87.1 cm³/mol. The van der Waals surface area contributed by atoms with Gasteiger partial charge in [0, 0.05) is 29.6 Å². The monoisotopic (exact) mass is 326 g/mol. The van der Waals surface area contributed by atoms with Gasteiger partial charge in [-0.05, 0) is 24.5 Å². The van der Waals surface area contributed by atoms with Crippen LogP contribution in [-0.2, 0) is 22.6 Å². The van der Waals surface area contributed by atoms with Gasteiger partial charge in [-0.25, -0.2) is 4.79 Å². The molecule has 7 heteroatoms. The lowest BCUT2D eigenvalue weighted by atomic mass is 10.0. The number of hydrogen-bond donors (Lipinski definition) is 3. The Morgan fingerprint density at radius 3 is 2.88 bits per heavy atom. The van der Waals surface area contributed by atoms with Gasteiger partial charge in [-0.3, -0.25) is 14.9 Å². The van der Waals surface area contributed by atoms with E-state index in [1.807, 2.05) is 18.2 Å². The van der Waals surface area contributed by atoms with Crippen LogP contribution in [0.2, 0.25) is 0 Å². The molecule has 1 saturated heterocycles. The SMILES string of the molecule is O=C1CCC(C(=O)N2CCc3c([nH]c4ccccc34)C2)NC(=O)N1. The fourth-order valence-corrected chi connectivity index (χ4v) is 3.52. The number of rotatable bonds is 1. The summed E-state index contributed by atoms with van der Waals surface area (Å²) < 4.78 is 0. The molecule has 2 aliphatic heterocycles. The minimum Gasteiger partial charge on any atom is -0.357 e. The van der Waals surface area contributed by atoms with Crippen LogP contribution in [0.15, 0.2) is 24.3 Å². The molecule has 2 aromatic rings. The highest BCUT2D eigenvalue weighted by atomic mass is 16.2. The third kappa shape index (κ3) is 2.51. The van der Waals surface area contributed by atoms with Gasteiger partial charge in [-0.15, -0.1) is 0 Å². The van der Waals surface area contributed by atoms with Crippen LogP contribution in [0.25, 0.3) is 10.9 Å². The van der Waals surface area contributed by atoms with Crippen molar-refractivity contribution in [3.8, 4) is 0 Å². The van der Waals surface area contributed by atoms with Crippen molar-refractivity contribution < 1.29 is 14.4 Å². The van der Waals surface area contributed by atoms with Crippen LogP contribution in [-0.4, -0.2) is 40.3 Å². The third-order valence-corrected chi connectivity index (χ3v) is 4.71. The first-order valence-electron chi connectivity index (χ1n) is 8.09. The van der Waals surface area contributed by atoms with Gasteiger partial charge in [0.1, 0.15) is 6.04 Å². The van der Waals surface area contributed by atoms with Gasteiger partial charge in [0.15, 0.2) is 0 Å². The molecule has 1 fully saturated rings. The molecule has 1 atom stereocenters. The Morgan fingerprint density at radius 1 is 1.17 bits per heavy atom. The van der Waals surface area contributed by atoms with Crippen molar-refractivity contribution in [3.63, 3.8) is 0 Å². The minimum atomic E-state index is -0.651. The van der Waals surface area contributed by atoms with E-state index in [9.17, 15) is 14.4 Å². The van der Waals surface area contributed by atoms with Crippen LogP contribution < -0.4 is 10.6 Å². The molecular formula is C17H18N4O3. The number of hydrogen-bond acceptors (Lipinski definition) is 3. The molecule has 2 aliphatic rings. The molecule has 3 N–H and O–H groups in total. The molecule has 24 heavy (non-hydrogen) atoms. The number of carbonyl (C=O) groups excluding carboxylic acids is 3. The van der Waals surface area contributed by atoms with Crippen LogP contribution in [0.4, 0.5) is 4.79 Å². The average Bonchev–Trinajstić information content (AvgIpc) is 2.86. The quantitative estimate of drug-likeness (QED) is 0.731. The van der Waals surface area contributed by atoms with Gasteiger partial charge in [0.05, 0.1) is 6.54 Å². The second-order valence-corrected chi connectivity index (χ2v) is 6.25. The summed E-state index contributed by atoms with van der Waals surface area (Å²) in [5, 5.41) is 5.99. The lowest BCUT2D eigenvalue weighted by Gasteiger charge is -2.30. The molecule has 124 valence electrons. The molecule has 1 unspecified atom stereocenters. The van der Waals surface area contributed by atoms with E-state index in [2.05, 4.69) is 21.7 Å². The van der Waals surface area contributed by atoms with Crippen LogP contribution in [0.1, 0.15) is 24.1 Å². The smallest absolute Gasteiger partial charge is 0.322 e. The highest BCUT2D eigenvalue weighted by molar-refractivity contribution is 5.98. The van der Waals surface area contributed by atoms with Crippen LogP contribution in [0.5, 0.6) is 0 Å². The zero-order chi connectivity index (χ0) is 16.7. The Labute approximate surface area is 138 Å². The molecule has 0 aliphatic carbocycles. The van der Waals surface area contributed by atoms with E-state index in [0.717, 1.165) is 17.6 Å². The number of aromatic amines is 1. The summed E-state index contributed by atoms with van der Waals surface area (Å²) in [5.41, 5.74) is 3.38. The van der Waals surface area contributed by atoms with Crippen molar-refractivity contribution in [2.45, 2.75) is 31.8 Å². The number of para-hydroxylation sites is 1. The van der Waals surface area contributed by atoms with Crippen LogP contribution in [0.3, 0.4) is 0 Å². The Kier molecular flexibility index (Phi) is 3.48. The molecule has 1 aromatic carbocycles. The maximum absolute atomic E-state index is 12.7. The fraction of sp³-hybridized carbons (Fsp3) is 0.353. The summed E-state index contributed by atoms with van der Waals surface area (Å²) in [4.78, 5) is 40.9. The first kappa shape index (κ1) is 14.7. The highest BCUT2D eigenvalue weighted by Gasteiger charge is 2.32. The zero-order valence-electron chi connectivity index (χ0n) is 13.1. The first-order valence-corrected chi connectivity index (χ1v) is 8.09. The molecule has 0 saturated carbocycles. The number of H-pyrrole nitrogens is 1. The van der Waals surface area contributed by atoms with Gasteiger partial charge in [0.2, 0.25) is 11.8 Å². The van der Waals surface area contributed by atoms with Gasteiger partial charge >= 0.3 is 6.03 Å². The summed E-state index contributed by atoms with van der Waals surface area (Å²) in [6.45, 7) is 1.11. The normalized spacial score (nSPS) is 21.0. The molecule has 0 spiro atoms. The maximum atomic E-state index is 12.7. The van der Waals surface area contributed by atoms with Gasteiger partial charge in [-0.2, -0.15) is 0 Å². The zero-order valence-corrected chi connectivity index (χ0v) is 13.1. The van der Waals surface area contributed by atoms with E-state index in [-0.39, 0.29) is 18.2 Å². The van der Waals surface area contributed by atoms with E-state index >= 15 is 0 Å². The molecule has 4 amide bonds. The largest absolute Gasteiger partial charge is 0.357 e. The van der Waals surface area contributed by atoms with Crippen molar-refractivity contribution in [2.75, 3.05) is 6.54 Å². The lowest BCUT2D eigenvalue weighted by molar-refractivity contribution is -0.134. The van der Waals surface area contributed by atoms with E-state index < -0.39 is 12.1 Å². The minimum absolute atomic E-state index is 0.135. The van der Waals surface area contributed by atoms with Crippen molar-refractivity contribution in [2.24, 2.45) is 0 Å². The topological polar surface area (TPSA) is 94.3 Å². The molecule has 7 nitrogen and oxygen atoms in total. The van der Waals surface area contributed by atoms with Crippen molar-refractivity contribution >= 4 is 28.7 Å². The molecule has 4 rings (SSSR count). The van der Waals surface area contributed by atoms with Crippen molar-refractivity contribution in [3.05, 3.63) is 35.5 Å². The predicted octanol–water partition coefficient (Wildman–Crippen LogP) is 1.04. The number of nitrogens with zero attached hydrogens (tertiary/aromatic N) is 1. The second-order valence-electron chi connectivity index (χ2n) is 6.25. The molecule has 0 radical (unpaired) electrons. The van der Waals surface area contributed by atoms with E-state index in [1.54, 1.807) is 4.90 Å². The van der Waals surface area contributed by atoms with Crippen molar-refractivity contribution in [1.29, 1.82) is 0 Å². The molecule has 0 bridgehead atoms. The second kappa shape index (κ2) is 5.67. The Morgan fingerprint density at radius 2 is 2.00 bits per heavy atom. The standard InChI is InChI=1S/C17H18N4O3/c22-15-6-5-13(19-17(24)20-15)16(23)21-8-7-11-10-3-1-2-4-12(10)18-14(11)9-21/h1-4,13,18H,5-9H2,(H2,19,20,22,24). The van der Waals surface area contributed by atoms with E-state index in [1.165, 1.54) is 10.9 Å². The number of imide groups is 1. The highest BCUT2D eigenvalue weighted by Crippen LogP contribution is 2.27. The average molecular weight is 326 g/mol. The number of nitrogens with one attached hydrogen (secondary N) is 3. The van der Waals surface area contributed by atoms with E-state index in [4.69, 9.17) is 0 Å². The summed E-state index contributed by atoms with van der Waals surface area (Å²) in [6, 6.07) is 6.87. The number of carbonyl (C=O) groups is 3. The van der Waals surface area contributed by atoms with Gasteiger partial charge < -0.3 is 15.2 Å². The summed E-state index contributed by atoms with van der Waals surface area (Å²) in [7, 11) is 0. The number of amides is 4. The molecule has 1 aromatic heterocycles. The lowest BCUT2D eigenvalue weighted by Crippen LogP contribution is -2.50. The number of fused-ring (bicyclic) bond motifs is 3. The van der Waals surface area contributed by atoms with Gasteiger partial charge in [-0.1, -0.05) is 18.2 Å². The first-order chi connectivity index (χ1) is 11.6. The molecule has 3 heterocycles. The van der Waals surface area contributed by atoms with Crippen LogP contribution in [0, 0.1) is 0 Å². The Hall–Kier alpha value is -2.83. The molecular weight excluding hydrogens is 308 g/mol. The van der Waals surface area contributed by atoms with Crippen molar-refractivity contribution in [1.82, 2.24) is 20.5 Å². The summed E-state index contributed by atoms with van der Waals surface area (Å²) in [5.74, 6) is -0.483.